The third-order valence-corrected chi connectivity index (χ3v) is 11.0. The predicted octanol–water partition coefficient (Wildman–Crippen LogP) is 3.77. The second kappa shape index (κ2) is 10.8. The molecule has 234 valence electrons. The Morgan fingerprint density at radius 3 is 2.40 bits per heavy atom. The molecule has 9 nitrogen and oxygen atoms in total. The van der Waals surface area contributed by atoms with Gasteiger partial charge in [-0.3, -0.25) is 9.59 Å². The van der Waals surface area contributed by atoms with E-state index in [0.29, 0.717) is 46.6 Å². The van der Waals surface area contributed by atoms with Crippen molar-refractivity contribution in [3.05, 3.63) is 87.8 Å². The lowest BCUT2D eigenvalue weighted by atomic mass is 9.49. The number of ether oxygens (including phenoxy) is 1. The molecule has 4 atom stereocenters. The Balaban J connectivity index is 1.24. The Morgan fingerprint density at radius 2 is 1.67 bits per heavy atom. The van der Waals surface area contributed by atoms with Crippen molar-refractivity contribution in [2.24, 2.45) is 23.2 Å². The fourth-order valence-electron chi connectivity index (χ4n) is 9.71. The molecule has 3 aromatic rings. The van der Waals surface area contributed by atoms with Gasteiger partial charge in [0.1, 0.15) is 29.1 Å². The molecule has 9 heteroatoms. The van der Waals surface area contributed by atoms with E-state index in [1.165, 1.54) is 19.3 Å². The van der Waals surface area contributed by atoms with E-state index in [4.69, 9.17) is 9.15 Å². The minimum Gasteiger partial charge on any atom is -0.486 e. The van der Waals surface area contributed by atoms with Crippen molar-refractivity contribution in [3.8, 4) is 5.75 Å². The number of rotatable bonds is 7. The number of para-hydroxylation sites is 2. The largest absolute Gasteiger partial charge is 0.486 e. The van der Waals surface area contributed by atoms with E-state index in [1.807, 2.05) is 30.3 Å². The zero-order valence-corrected chi connectivity index (χ0v) is 25.1. The number of carbonyl (C=O) groups excluding carboxylic acids is 2. The van der Waals surface area contributed by atoms with Crippen molar-refractivity contribution in [3.63, 3.8) is 0 Å². The van der Waals surface area contributed by atoms with E-state index in [1.54, 1.807) is 35.2 Å². The van der Waals surface area contributed by atoms with Gasteiger partial charge in [0.25, 0.3) is 5.91 Å². The zero-order chi connectivity index (χ0) is 30.9. The summed E-state index contributed by atoms with van der Waals surface area (Å²) in [6.07, 6.45) is 6.47. The summed E-state index contributed by atoms with van der Waals surface area (Å²) in [6.45, 7) is 0.216. The summed E-state index contributed by atoms with van der Waals surface area (Å²) in [5.41, 5.74) is 0.619. The van der Waals surface area contributed by atoms with Gasteiger partial charge in [0, 0.05) is 29.6 Å². The third-order valence-electron chi connectivity index (χ3n) is 11.0. The van der Waals surface area contributed by atoms with Gasteiger partial charge in [-0.15, -0.1) is 0 Å². The summed E-state index contributed by atoms with van der Waals surface area (Å²) in [5.74, 6) is 1.02. The summed E-state index contributed by atoms with van der Waals surface area (Å²) in [6, 6.07) is 15.2. The Morgan fingerprint density at radius 1 is 0.978 bits per heavy atom. The first-order valence-electron chi connectivity index (χ1n) is 16.2. The maximum absolute atomic E-state index is 14.7. The van der Waals surface area contributed by atoms with E-state index >= 15 is 0 Å². The average molecular weight is 611 g/mol. The van der Waals surface area contributed by atoms with Crippen molar-refractivity contribution in [2.45, 2.75) is 62.7 Å². The molecule has 3 N–H and O–H groups in total. The molecule has 9 rings (SSSR count). The minimum atomic E-state index is -1.16. The molecule has 0 spiro atoms. The van der Waals surface area contributed by atoms with Gasteiger partial charge >= 0.3 is 5.63 Å². The van der Waals surface area contributed by atoms with E-state index in [-0.39, 0.29) is 30.0 Å². The summed E-state index contributed by atoms with van der Waals surface area (Å²) < 4.78 is 11.9. The molecule has 5 aliphatic carbocycles. The molecular formula is C36H38N2O7. The van der Waals surface area contributed by atoms with Gasteiger partial charge in [-0.1, -0.05) is 36.4 Å². The second-order valence-electron chi connectivity index (χ2n) is 14.0. The first-order valence-corrected chi connectivity index (χ1v) is 16.2. The van der Waals surface area contributed by atoms with Crippen LogP contribution < -0.4 is 15.7 Å². The number of carbonyl (C=O) groups is 2. The number of hydrogen-bond acceptors (Lipinski definition) is 7. The first kappa shape index (κ1) is 28.5. The molecule has 0 saturated heterocycles. The highest BCUT2D eigenvalue weighted by molar-refractivity contribution is 5.98. The van der Waals surface area contributed by atoms with Gasteiger partial charge in [-0.2, -0.15) is 0 Å². The molecule has 2 aromatic carbocycles. The fourth-order valence-corrected chi connectivity index (χ4v) is 9.71. The fraction of sp³-hybridized carbons (Fsp3) is 0.472. The van der Waals surface area contributed by atoms with Crippen molar-refractivity contribution in [2.75, 3.05) is 19.7 Å². The van der Waals surface area contributed by atoms with E-state index in [9.17, 15) is 24.6 Å². The summed E-state index contributed by atoms with van der Waals surface area (Å²) in [7, 11) is 0. The summed E-state index contributed by atoms with van der Waals surface area (Å²) in [5, 5.41) is 24.9. The zero-order valence-electron chi connectivity index (χ0n) is 25.1. The van der Waals surface area contributed by atoms with Crippen LogP contribution >= 0.6 is 0 Å². The predicted molar refractivity (Wildman–Crippen MR) is 166 cm³/mol. The van der Waals surface area contributed by atoms with Gasteiger partial charge in [0.2, 0.25) is 5.91 Å². The van der Waals surface area contributed by atoms with Gasteiger partial charge in [-0.05, 0) is 86.0 Å². The monoisotopic (exact) mass is 610 g/mol. The highest BCUT2D eigenvalue weighted by atomic mass is 16.5. The SMILES string of the molecule is O=C(NCCO)C1=C[C@@H](N(CC23CC4CC(CC(C4)C2)C3)C(=O)c2cc3ccccc3oc2=O)[C@H](O)[C@H]2Oc3ccccc3[C@@H]12. The molecule has 4 saturated carbocycles. The van der Waals surface area contributed by atoms with Gasteiger partial charge in [-0.25, -0.2) is 4.79 Å². The van der Waals surface area contributed by atoms with Crippen molar-refractivity contribution in [1.29, 1.82) is 0 Å². The molecule has 2 heterocycles. The van der Waals surface area contributed by atoms with Gasteiger partial charge in [0.05, 0.1) is 18.6 Å². The molecule has 2 amide bonds. The molecular weight excluding hydrogens is 572 g/mol. The molecule has 45 heavy (non-hydrogen) atoms. The molecule has 4 bridgehead atoms. The highest BCUT2D eigenvalue weighted by Gasteiger charge is 2.55. The first-order chi connectivity index (χ1) is 21.8. The Bertz CT molecular complexity index is 1730. The van der Waals surface area contributed by atoms with E-state index in [2.05, 4.69) is 5.32 Å². The lowest BCUT2D eigenvalue weighted by Gasteiger charge is -2.58. The number of aliphatic hydroxyl groups excluding tert-OH is 2. The third kappa shape index (κ3) is 4.79. The topological polar surface area (TPSA) is 129 Å². The number of nitrogens with zero attached hydrogens (tertiary/aromatic N) is 1. The van der Waals surface area contributed by atoms with Crippen LogP contribution in [0.4, 0.5) is 0 Å². The smallest absolute Gasteiger partial charge is 0.349 e. The van der Waals surface area contributed by atoms with Crippen molar-refractivity contribution in [1.82, 2.24) is 10.2 Å². The number of nitrogens with one attached hydrogen (secondary N) is 1. The van der Waals surface area contributed by atoms with Gasteiger partial charge in [0.15, 0.2) is 0 Å². The Labute approximate surface area is 260 Å². The summed E-state index contributed by atoms with van der Waals surface area (Å²) in [4.78, 5) is 43.3. The van der Waals surface area contributed by atoms with Crippen LogP contribution in [0, 0.1) is 23.2 Å². The molecule has 1 aliphatic heterocycles. The van der Waals surface area contributed by atoms with Crippen LogP contribution in [0.5, 0.6) is 5.75 Å². The molecule has 0 radical (unpaired) electrons. The maximum atomic E-state index is 14.7. The van der Waals surface area contributed by atoms with Gasteiger partial charge < -0.3 is 29.6 Å². The maximum Gasteiger partial charge on any atom is 0.349 e. The van der Waals surface area contributed by atoms with Crippen LogP contribution in [0.3, 0.4) is 0 Å². The number of benzene rings is 2. The highest BCUT2D eigenvalue weighted by Crippen LogP contribution is 2.60. The number of amides is 2. The molecule has 0 unspecified atom stereocenters. The van der Waals surface area contributed by atoms with Crippen LogP contribution in [-0.2, 0) is 4.79 Å². The lowest BCUT2D eigenvalue weighted by Crippen LogP contribution is -2.60. The van der Waals surface area contributed by atoms with Crippen LogP contribution in [0.25, 0.3) is 11.0 Å². The Kier molecular flexibility index (Phi) is 6.87. The normalized spacial score (nSPS) is 32.4. The number of aliphatic hydroxyl groups is 2. The van der Waals surface area contributed by atoms with E-state index in [0.717, 1.165) is 24.8 Å². The van der Waals surface area contributed by atoms with E-state index < -0.39 is 35.7 Å². The van der Waals surface area contributed by atoms with Crippen LogP contribution in [0.15, 0.2) is 75.5 Å². The standard InChI is InChI=1S/C36H38N2O7/c39-10-9-37-33(41)25-15-27(31(40)32-30(25)24-6-2-4-8-29(24)44-32)38(19-36-16-20-11-21(17-36)13-22(12-20)18-36)34(42)26-14-23-5-1-3-7-28(23)45-35(26)43/h1-8,14-15,20-22,27,30-32,39-40H,9-13,16-19H2,(H,37,41)/t20?,21?,22?,27-,30+,31+,32+,36?/m1/s1. The Hall–Kier alpha value is -3.95. The second-order valence-corrected chi connectivity index (χ2v) is 14.0. The van der Waals surface area contributed by atoms with Crippen LogP contribution in [-0.4, -0.2) is 64.9 Å². The lowest BCUT2D eigenvalue weighted by molar-refractivity contribution is -0.119. The van der Waals surface area contributed by atoms with Crippen molar-refractivity contribution < 1.29 is 29.0 Å². The van der Waals surface area contributed by atoms with Crippen LogP contribution in [0.1, 0.15) is 60.4 Å². The van der Waals surface area contributed by atoms with Crippen LogP contribution in [0.2, 0.25) is 0 Å². The number of hydrogen-bond donors (Lipinski definition) is 3. The quantitative estimate of drug-likeness (QED) is 0.348. The summed E-state index contributed by atoms with van der Waals surface area (Å²) >= 11 is 0. The van der Waals surface area contributed by atoms with Crippen molar-refractivity contribution >= 4 is 22.8 Å². The number of fused-ring (bicyclic) bond motifs is 4. The molecule has 6 aliphatic rings. The average Bonchev–Trinajstić information content (AvgIpc) is 3.42. The molecule has 4 fully saturated rings. The molecule has 1 aromatic heterocycles. The minimum absolute atomic E-state index is 0.0668.